The Morgan fingerprint density at radius 3 is 2.47 bits per heavy atom. The number of aliphatic imine (C=N–C) groups is 1. The van der Waals surface area contributed by atoms with E-state index in [0.717, 1.165) is 37.7 Å². The fourth-order valence-corrected chi connectivity index (χ4v) is 5.47. The summed E-state index contributed by atoms with van der Waals surface area (Å²) in [5.41, 5.74) is 0.304. The third-order valence-electron chi connectivity index (χ3n) is 7.07. The van der Waals surface area contributed by atoms with Crippen LogP contribution in [0.1, 0.15) is 61.9 Å². The summed E-state index contributed by atoms with van der Waals surface area (Å²) in [4.78, 5) is 46.0. The van der Waals surface area contributed by atoms with Crippen LogP contribution in [0.2, 0.25) is 0 Å². The molecule has 10 nitrogen and oxygen atoms in total. The summed E-state index contributed by atoms with van der Waals surface area (Å²) in [5, 5.41) is 4.78. The van der Waals surface area contributed by atoms with Crippen molar-refractivity contribution in [3.63, 3.8) is 0 Å². The molecule has 1 aliphatic heterocycles. The minimum absolute atomic E-state index is 0.0627. The number of nitrogens with zero attached hydrogens (tertiary/aromatic N) is 2. The van der Waals surface area contributed by atoms with Gasteiger partial charge in [0.2, 0.25) is 15.7 Å². The molecule has 4 rings (SSSR count). The Kier molecular flexibility index (Phi) is 7.86. The summed E-state index contributed by atoms with van der Waals surface area (Å²) in [6.45, 7) is 2.93. The molecule has 2 aromatic carbocycles. The number of fused-ring (bicyclic) bond motifs is 1. The largest absolute Gasteiger partial charge is 0.321 e. The van der Waals surface area contributed by atoms with Gasteiger partial charge in [-0.1, -0.05) is 43.5 Å². The zero-order valence-corrected chi connectivity index (χ0v) is 22.5. The summed E-state index contributed by atoms with van der Waals surface area (Å²) in [6.07, 6.45) is 6.07. The summed E-state index contributed by atoms with van der Waals surface area (Å²) in [5.74, 6) is -1.32. The van der Waals surface area contributed by atoms with E-state index in [1.54, 1.807) is 19.3 Å². The van der Waals surface area contributed by atoms with Gasteiger partial charge in [0.25, 0.3) is 11.8 Å². The normalized spacial score (nSPS) is 20.0. The van der Waals surface area contributed by atoms with Crippen molar-refractivity contribution >= 4 is 45.5 Å². The lowest BCUT2D eigenvalue weighted by Gasteiger charge is -2.40. The Morgan fingerprint density at radius 1 is 1.05 bits per heavy atom. The quantitative estimate of drug-likeness (QED) is 0.515. The second-order valence-electron chi connectivity index (χ2n) is 9.97. The number of amides is 4. The number of rotatable bonds is 6. The number of nitrogens with one attached hydrogen (secondary N) is 3. The van der Waals surface area contributed by atoms with Crippen LogP contribution in [0.4, 0.5) is 16.2 Å². The molecular formula is C27H33N5O5S. The number of benzodiazepines with no additional fused rings is 1. The van der Waals surface area contributed by atoms with E-state index in [1.807, 2.05) is 29.0 Å². The molecule has 0 unspecified atom stereocenters. The number of carbonyl (C=O) groups excluding carboxylic acids is 3. The van der Waals surface area contributed by atoms with E-state index in [9.17, 15) is 22.8 Å². The van der Waals surface area contributed by atoms with Gasteiger partial charge in [-0.25, -0.2) is 17.9 Å². The molecule has 1 saturated carbocycles. The van der Waals surface area contributed by atoms with Crippen molar-refractivity contribution in [2.24, 2.45) is 10.9 Å². The molecule has 202 valence electrons. The number of para-hydroxylation sites is 1. The smallest absolute Gasteiger partial charge is 0.311 e. The highest BCUT2D eigenvalue weighted by Gasteiger charge is 2.49. The highest BCUT2D eigenvalue weighted by molar-refractivity contribution is 7.90. The zero-order chi connectivity index (χ0) is 27.5. The molecule has 4 amide bonds. The van der Waals surface area contributed by atoms with Crippen molar-refractivity contribution in [1.82, 2.24) is 10.0 Å². The van der Waals surface area contributed by atoms with Crippen LogP contribution in [0.15, 0.2) is 53.5 Å². The second kappa shape index (κ2) is 10.9. The molecule has 1 atom stereocenters. The van der Waals surface area contributed by atoms with Gasteiger partial charge in [0, 0.05) is 36.0 Å². The van der Waals surface area contributed by atoms with Crippen LogP contribution in [0.3, 0.4) is 0 Å². The van der Waals surface area contributed by atoms with Crippen molar-refractivity contribution in [2.75, 3.05) is 17.3 Å². The summed E-state index contributed by atoms with van der Waals surface area (Å²) < 4.78 is 26.2. The predicted octanol–water partition coefficient (Wildman–Crippen LogP) is 3.65. The summed E-state index contributed by atoms with van der Waals surface area (Å²) in [6, 6.07) is 12.7. The van der Waals surface area contributed by atoms with Gasteiger partial charge in [-0.15, -0.1) is 0 Å². The number of anilines is 2. The Balaban J connectivity index is 1.59. The second-order valence-corrected chi connectivity index (χ2v) is 12.2. The van der Waals surface area contributed by atoms with Crippen LogP contribution in [0, 0.1) is 5.92 Å². The molecule has 1 aliphatic carbocycles. The first kappa shape index (κ1) is 27.3. The van der Waals surface area contributed by atoms with Gasteiger partial charge in [0.05, 0.1) is 10.9 Å². The molecule has 1 heterocycles. The average molecular weight is 540 g/mol. The van der Waals surface area contributed by atoms with Gasteiger partial charge in [-0.2, -0.15) is 0 Å². The molecule has 1 fully saturated rings. The standard InChI is InChI=1S/C27H33N5O5S/c1-18(2)38(36,37)31-24(33)19-11-9-14-22(16-19)29-26(35)30-27(21-12-5-4-6-13-21)25(34)32(3)23-15-8-7-10-20(23)17-28-27/h7-11,14-18,21H,4-6,12-13H2,1-3H3,(H,31,33)(H2,29,30,35)/t27-/m1/s1. The fourth-order valence-electron chi connectivity index (χ4n) is 4.86. The molecule has 0 spiro atoms. The Bertz CT molecular complexity index is 1370. The third-order valence-corrected chi connectivity index (χ3v) is 8.79. The third kappa shape index (κ3) is 5.57. The van der Waals surface area contributed by atoms with E-state index in [-0.39, 0.29) is 23.1 Å². The lowest BCUT2D eigenvalue weighted by molar-refractivity contribution is -0.126. The Morgan fingerprint density at radius 2 is 1.76 bits per heavy atom. The Hall–Kier alpha value is -3.73. The lowest BCUT2D eigenvalue weighted by Crippen LogP contribution is -2.63. The van der Waals surface area contributed by atoms with Gasteiger partial charge in [0.1, 0.15) is 0 Å². The zero-order valence-electron chi connectivity index (χ0n) is 21.7. The van der Waals surface area contributed by atoms with E-state index in [4.69, 9.17) is 4.99 Å². The number of sulfonamides is 1. The number of hydrogen-bond acceptors (Lipinski definition) is 6. The van der Waals surface area contributed by atoms with Crippen LogP contribution in [-0.2, 0) is 14.8 Å². The van der Waals surface area contributed by atoms with Gasteiger partial charge < -0.3 is 15.5 Å². The molecule has 0 bridgehead atoms. The van der Waals surface area contributed by atoms with Gasteiger partial charge in [-0.3, -0.25) is 14.6 Å². The molecule has 2 aromatic rings. The number of carbonyl (C=O) groups is 3. The van der Waals surface area contributed by atoms with Crippen LogP contribution in [0.25, 0.3) is 0 Å². The lowest BCUT2D eigenvalue weighted by atomic mass is 9.79. The molecule has 11 heteroatoms. The van der Waals surface area contributed by atoms with E-state index >= 15 is 0 Å². The SMILES string of the molecule is CC(C)S(=O)(=O)NC(=O)c1cccc(NC(=O)N[C@@]2(C3CCCCC3)N=Cc3ccccc3N(C)C2=O)c1. The molecule has 2 aliphatic rings. The molecule has 0 radical (unpaired) electrons. The summed E-state index contributed by atoms with van der Waals surface area (Å²) >= 11 is 0. The topological polar surface area (TPSA) is 137 Å². The van der Waals surface area contributed by atoms with E-state index in [0.29, 0.717) is 5.69 Å². The molecular weight excluding hydrogens is 506 g/mol. The van der Waals surface area contributed by atoms with Crippen LogP contribution < -0.4 is 20.3 Å². The van der Waals surface area contributed by atoms with Gasteiger partial charge in [-0.05, 0) is 51.0 Å². The fraction of sp³-hybridized carbons (Fsp3) is 0.407. The Labute approximate surface area is 223 Å². The number of urea groups is 1. The highest BCUT2D eigenvalue weighted by Crippen LogP contribution is 2.38. The van der Waals surface area contributed by atoms with Crippen LogP contribution >= 0.6 is 0 Å². The van der Waals surface area contributed by atoms with Crippen molar-refractivity contribution in [2.45, 2.75) is 56.9 Å². The minimum Gasteiger partial charge on any atom is -0.311 e. The monoisotopic (exact) mass is 539 g/mol. The van der Waals surface area contributed by atoms with Crippen molar-refractivity contribution in [1.29, 1.82) is 0 Å². The van der Waals surface area contributed by atoms with Crippen LogP contribution in [0.5, 0.6) is 0 Å². The van der Waals surface area contributed by atoms with Gasteiger partial charge in [0.15, 0.2) is 0 Å². The maximum absolute atomic E-state index is 13.9. The molecule has 38 heavy (non-hydrogen) atoms. The maximum atomic E-state index is 13.9. The van der Waals surface area contributed by atoms with E-state index < -0.39 is 32.9 Å². The minimum atomic E-state index is -3.82. The molecule has 0 aromatic heterocycles. The average Bonchev–Trinajstić information content (AvgIpc) is 3.00. The number of likely N-dealkylation sites (N-methyl/N-ethyl adjacent to an activating group) is 1. The number of benzene rings is 2. The number of hydrogen-bond donors (Lipinski definition) is 3. The first-order valence-corrected chi connectivity index (χ1v) is 14.3. The predicted molar refractivity (Wildman–Crippen MR) is 147 cm³/mol. The maximum Gasteiger partial charge on any atom is 0.321 e. The van der Waals surface area contributed by atoms with Crippen molar-refractivity contribution < 1.29 is 22.8 Å². The van der Waals surface area contributed by atoms with E-state index in [1.165, 1.54) is 36.9 Å². The first-order valence-electron chi connectivity index (χ1n) is 12.7. The first-order chi connectivity index (χ1) is 18.0. The van der Waals surface area contributed by atoms with E-state index in [2.05, 4.69) is 10.6 Å². The van der Waals surface area contributed by atoms with Gasteiger partial charge >= 0.3 is 6.03 Å². The summed E-state index contributed by atoms with van der Waals surface area (Å²) in [7, 11) is -2.14. The molecule has 0 saturated heterocycles. The van der Waals surface area contributed by atoms with Crippen molar-refractivity contribution in [3.8, 4) is 0 Å². The molecule has 3 N–H and O–H groups in total. The van der Waals surface area contributed by atoms with Crippen LogP contribution in [-0.4, -0.2) is 50.4 Å². The highest BCUT2D eigenvalue weighted by atomic mass is 32.2. The van der Waals surface area contributed by atoms with Crippen molar-refractivity contribution in [3.05, 3.63) is 59.7 Å².